The molecule has 11 heavy (non-hydrogen) atoms. The average molecular weight is 154 g/mol. The SMILES string of the molecule is CC[C@@H]([NH3+])C(=O)c1ccco1. The van der Waals surface area contributed by atoms with Gasteiger partial charge in [0.15, 0.2) is 11.8 Å². The fraction of sp³-hybridized carbons (Fsp3) is 0.375. The molecule has 0 aliphatic carbocycles. The zero-order valence-electron chi connectivity index (χ0n) is 6.54. The first-order chi connectivity index (χ1) is 5.25. The summed E-state index contributed by atoms with van der Waals surface area (Å²) in [7, 11) is 0. The molecule has 0 radical (unpaired) electrons. The van der Waals surface area contributed by atoms with Gasteiger partial charge in [0.2, 0.25) is 0 Å². The third-order valence-corrected chi connectivity index (χ3v) is 1.63. The number of hydrogen-bond acceptors (Lipinski definition) is 2. The zero-order valence-corrected chi connectivity index (χ0v) is 6.54. The van der Waals surface area contributed by atoms with E-state index in [1.165, 1.54) is 6.26 Å². The van der Waals surface area contributed by atoms with E-state index in [9.17, 15) is 4.79 Å². The highest BCUT2D eigenvalue weighted by atomic mass is 16.3. The molecular weight excluding hydrogens is 142 g/mol. The van der Waals surface area contributed by atoms with Crippen LogP contribution < -0.4 is 5.73 Å². The number of rotatable bonds is 3. The Morgan fingerprint density at radius 3 is 3.00 bits per heavy atom. The van der Waals surface area contributed by atoms with Crippen LogP contribution in [-0.2, 0) is 0 Å². The molecule has 1 aromatic rings. The Kier molecular flexibility index (Phi) is 2.44. The van der Waals surface area contributed by atoms with Crippen molar-refractivity contribution in [3.05, 3.63) is 24.2 Å². The van der Waals surface area contributed by atoms with Crippen LogP contribution in [0.4, 0.5) is 0 Å². The molecule has 1 atom stereocenters. The van der Waals surface area contributed by atoms with Crippen molar-refractivity contribution >= 4 is 5.78 Å². The van der Waals surface area contributed by atoms with Crippen LogP contribution in [0.2, 0.25) is 0 Å². The molecule has 0 bridgehead atoms. The van der Waals surface area contributed by atoms with Gasteiger partial charge in [-0.2, -0.15) is 0 Å². The van der Waals surface area contributed by atoms with E-state index in [1.807, 2.05) is 6.92 Å². The summed E-state index contributed by atoms with van der Waals surface area (Å²) in [6, 6.07) is 3.19. The molecule has 0 amide bonds. The highest BCUT2D eigenvalue weighted by molar-refractivity contribution is 5.96. The van der Waals surface area contributed by atoms with Gasteiger partial charge in [0.1, 0.15) is 0 Å². The lowest BCUT2D eigenvalue weighted by molar-refractivity contribution is -0.399. The highest BCUT2D eigenvalue weighted by Crippen LogP contribution is 2.03. The first kappa shape index (κ1) is 8.01. The van der Waals surface area contributed by atoms with E-state index >= 15 is 0 Å². The van der Waals surface area contributed by atoms with Crippen molar-refractivity contribution in [2.24, 2.45) is 0 Å². The number of quaternary nitrogens is 1. The Hall–Kier alpha value is -1.09. The minimum Gasteiger partial charge on any atom is -0.461 e. The Labute approximate surface area is 65.2 Å². The fourth-order valence-electron chi connectivity index (χ4n) is 0.805. The van der Waals surface area contributed by atoms with Crippen LogP contribution in [0.1, 0.15) is 23.9 Å². The predicted octanol–water partition coefficient (Wildman–Crippen LogP) is 0.483. The maximum absolute atomic E-state index is 11.3. The standard InChI is InChI=1S/C8H11NO2/c1-2-6(9)8(10)7-4-3-5-11-7/h3-6H,2,9H2,1H3/p+1/t6-/m1/s1. The van der Waals surface area contributed by atoms with Crippen molar-refractivity contribution < 1.29 is 14.9 Å². The molecule has 0 spiro atoms. The molecule has 1 aromatic heterocycles. The molecule has 3 N–H and O–H groups in total. The van der Waals surface area contributed by atoms with Gasteiger partial charge in [-0.25, -0.2) is 0 Å². The number of carbonyl (C=O) groups is 1. The molecule has 0 unspecified atom stereocenters. The first-order valence-corrected chi connectivity index (χ1v) is 3.66. The molecule has 1 heterocycles. The summed E-state index contributed by atoms with van der Waals surface area (Å²) in [6.07, 6.45) is 2.25. The van der Waals surface area contributed by atoms with E-state index in [4.69, 9.17) is 4.42 Å². The van der Waals surface area contributed by atoms with Crippen molar-refractivity contribution in [1.82, 2.24) is 0 Å². The van der Waals surface area contributed by atoms with Crippen molar-refractivity contribution in [3.8, 4) is 0 Å². The van der Waals surface area contributed by atoms with E-state index in [-0.39, 0.29) is 11.8 Å². The van der Waals surface area contributed by atoms with E-state index < -0.39 is 0 Å². The van der Waals surface area contributed by atoms with Crippen LogP contribution in [-0.4, -0.2) is 11.8 Å². The molecule has 3 heteroatoms. The van der Waals surface area contributed by atoms with E-state index in [2.05, 4.69) is 5.73 Å². The van der Waals surface area contributed by atoms with Gasteiger partial charge in [0, 0.05) is 6.42 Å². The Morgan fingerprint density at radius 1 is 1.82 bits per heavy atom. The van der Waals surface area contributed by atoms with Crippen LogP contribution in [0.5, 0.6) is 0 Å². The second kappa shape index (κ2) is 3.34. The van der Waals surface area contributed by atoms with Crippen LogP contribution in [0, 0.1) is 0 Å². The second-order valence-electron chi connectivity index (χ2n) is 2.45. The van der Waals surface area contributed by atoms with Crippen molar-refractivity contribution in [3.63, 3.8) is 0 Å². The zero-order chi connectivity index (χ0) is 8.27. The third kappa shape index (κ3) is 1.68. The van der Waals surface area contributed by atoms with Gasteiger partial charge in [0.05, 0.1) is 6.26 Å². The lowest BCUT2D eigenvalue weighted by Crippen LogP contribution is -2.64. The topological polar surface area (TPSA) is 57.9 Å². The summed E-state index contributed by atoms with van der Waals surface area (Å²) in [5.74, 6) is 0.393. The molecule has 0 aliphatic rings. The minimum absolute atomic E-state index is 0.0162. The third-order valence-electron chi connectivity index (χ3n) is 1.63. The maximum Gasteiger partial charge on any atom is 0.254 e. The molecule has 60 valence electrons. The Morgan fingerprint density at radius 2 is 2.55 bits per heavy atom. The average Bonchev–Trinajstić information content (AvgIpc) is 2.53. The number of Topliss-reactive ketones (excluding diaryl/α,β-unsaturated/α-hetero) is 1. The molecular formula is C8H12NO2+. The second-order valence-corrected chi connectivity index (χ2v) is 2.45. The van der Waals surface area contributed by atoms with E-state index in [0.717, 1.165) is 6.42 Å². The quantitative estimate of drug-likeness (QED) is 0.644. The maximum atomic E-state index is 11.3. The monoisotopic (exact) mass is 154 g/mol. The number of hydrogen-bond donors (Lipinski definition) is 1. The van der Waals surface area contributed by atoms with Crippen LogP contribution >= 0.6 is 0 Å². The minimum atomic E-state index is -0.179. The van der Waals surface area contributed by atoms with Crippen molar-refractivity contribution in [1.29, 1.82) is 0 Å². The molecule has 0 saturated heterocycles. The van der Waals surface area contributed by atoms with Crippen LogP contribution in [0.3, 0.4) is 0 Å². The fourth-order valence-corrected chi connectivity index (χ4v) is 0.805. The van der Waals surface area contributed by atoms with Gasteiger partial charge in [-0.15, -0.1) is 0 Å². The predicted molar refractivity (Wildman–Crippen MR) is 40.0 cm³/mol. The van der Waals surface area contributed by atoms with Gasteiger partial charge >= 0.3 is 0 Å². The van der Waals surface area contributed by atoms with Gasteiger partial charge in [-0.3, -0.25) is 4.79 Å². The van der Waals surface area contributed by atoms with Gasteiger partial charge in [-0.05, 0) is 12.1 Å². The first-order valence-electron chi connectivity index (χ1n) is 3.66. The number of ketones is 1. The van der Waals surface area contributed by atoms with Crippen LogP contribution in [0.25, 0.3) is 0 Å². The largest absolute Gasteiger partial charge is 0.461 e. The summed E-state index contributed by atoms with van der Waals surface area (Å²) in [4.78, 5) is 11.3. The van der Waals surface area contributed by atoms with Crippen molar-refractivity contribution in [2.45, 2.75) is 19.4 Å². The Bertz CT molecular complexity index is 228. The molecule has 0 aliphatic heterocycles. The summed E-state index contributed by atoms with van der Waals surface area (Å²) in [5, 5.41) is 0. The smallest absolute Gasteiger partial charge is 0.254 e. The lowest BCUT2D eigenvalue weighted by Gasteiger charge is -1.99. The highest BCUT2D eigenvalue weighted by Gasteiger charge is 2.18. The molecule has 3 nitrogen and oxygen atoms in total. The van der Waals surface area contributed by atoms with Crippen molar-refractivity contribution in [2.75, 3.05) is 0 Å². The molecule has 0 aromatic carbocycles. The molecule has 0 fully saturated rings. The normalized spacial score (nSPS) is 12.9. The molecule has 1 rings (SSSR count). The van der Waals surface area contributed by atoms with Gasteiger partial charge in [-0.1, -0.05) is 6.92 Å². The summed E-state index contributed by atoms with van der Waals surface area (Å²) < 4.78 is 4.93. The Balaban J connectivity index is 2.70. The number of furan rings is 1. The summed E-state index contributed by atoms with van der Waals surface area (Å²) in [5.41, 5.74) is 3.70. The van der Waals surface area contributed by atoms with Gasteiger partial charge in [0.25, 0.3) is 5.78 Å². The summed E-state index contributed by atoms with van der Waals surface area (Å²) in [6.45, 7) is 1.93. The molecule has 0 saturated carbocycles. The van der Waals surface area contributed by atoms with E-state index in [1.54, 1.807) is 12.1 Å². The van der Waals surface area contributed by atoms with E-state index in [0.29, 0.717) is 5.76 Å². The lowest BCUT2D eigenvalue weighted by atomic mass is 10.1. The summed E-state index contributed by atoms with van der Waals surface area (Å²) >= 11 is 0. The number of carbonyl (C=O) groups excluding carboxylic acids is 1. The van der Waals surface area contributed by atoms with Gasteiger partial charge < -0.3 is 10.2 Å². The van der Waals surface area contributed by atoms with Crippen LogP contribution in [0.15, 0.2) is 22.8 Å².